The summed E-state index contributed by atoms with van der Waals surface area (Å²) >= 11 is 1.52. The Morgan fingerprint density at radius 2 is 2.35 bits per heavy atom. The Labute approximate surface area is 137 Å². The van der Waals surface area contributed by atoms with Crippen molar-refractivity contribution in [2.75, 3.05) is 0 Å². The Bertz CT molecular complexity index is 797. The molecule has 0 aromatic carbocycles. The van der Waals surface area contributed by atoms with Crippen molar-refractivity contribution < 1.29 is 9.32 Å². The molecule has 0 bridgehead atoms. The van der Waals surface area contributed by atoms with Crippen molar-refractivity contribution in [3.05, 3.63) is 52.4 Å². The fourth-order valence-corrected chi connectivity index (χ4v) is 2.99. The molecule has 0 unspecified atom stereocenters. The van der Waals surface area contributed by atoms with Crippen LogP contribution in [-0.4, -0.2) is 21.0 Å². The maximum absolute atomic E-state index is 12.1. The Balaban J connectivity index is 1.63. The molecule has 0 spiro atoms. The molecular weight excluding hydrogens is 312 g/mol. The zero-order valence-corrected chi connectivity index (χ0v) is 13.6. The van der Waals surface area contributed by atoms with Crippen molar-refractivity contribution >= 4 is 17.2 Å². The van der Waals surface area contributed by atoms with Gasteiger partial charge in [0.25, 0.3) is 0 Å². The van der Waals surface area contributed by atoms with Crippen molar-refractivity contribution in [3.63, 3.8) is 0 Å². The second-order valence-electron chi connectivity index (χ2n) is 5.21. The van der Waals surface area contributed by atoms with Gasteiger partial charge in [-0.05, 0) is 26.0 Å². The van der Waals surface area contributed by atoms with E-state index in [1.54, 1.807) is 25.4 Å². The van der Waals surface area contributed by atoms with E-state index in [4.69, 9.17) is 4.52 Å². The van der Waals surface area contributed by atoms with Crippen molar-refractivity contribution in [2.45, 2.75) is 26.3 Å². The molecule has 3 aromatic rings. The molecular formula is C16H16N4O2S. The molecule has 6 nitrogen and oxygen atoms in total. The molecule has 1 N–H and O–H groups in total. The first kappa shape index (κ1) is 15.4. The first-order chi connectivity index (χ1) is 11.1. The summed E-state index contributed by atoms with van der Waals surface area (Å²) in [5.74, 6) is 0.589. The standard InChI is InChI=1S/C16H16N4O2S/c1-10-6-13(20-22-10)7-15(21)18-11(2)16-19-14(9-23-16)12-4-3-5-17-8-12/h3-6,8-9,11H,7H2,1-2H3,(H,18,21)/t11-/m1/s1. The van der Waals surface area contributed by atoms with Gasteiger partial charge in [-0.3, -0.25) is 9.78 Å². The second-order valence-corrected chi connectivity index (χ2v) is 6.10. The predicted molar refractivity (Wildman–Crippen MR) is 86.8 cm³/mol. The first-order valence-electron chi connectivity index (χ1n) is 7.19. The molecule has 0 saturated heterocycles. The summed E-state index contributed by atoms with van der Waals surface area (Å²) in [6, 6.07) is 5.43. The number of hydrogen-bond donors (Lipinski definition) is 1. The molecule has 0 fully saturated rings. The molecule has 0 aliphatic carbocycles. The van der Waals surface area contributed by atoms with Crippen LogP contribution in [-0.2, 0) is 11.2 Å². The highest BCUT2D eigenvalue weighted by Crippen LogP contribution is 2.24. The smallest absolute Gasteiger partial charge is 0.226 e. The molecule has 0 saturated carbocycles. The Morgan fingerprint density at radius 1 is 1.48 bits per heavy atom. The van der Waals surface area contributed by atoms with Crippen LogP contribution < -0.4 is 5.32 Å². The maximum atomic E-state index is 12.1. The van der Waals surface area contributed by atoms with E-state index >= 15 is 0 Å². The number of nitrogens with zero attached hydrogens (tertiary/aromatic N) is 3. The van der Waals surface area contributed by atoms with Crippen molar-refractivity contribution in [1.82, 2.24) is 20.4 Å². The van der Waals surface area contributed by atoms with Gasteiger partial charge in [0.2, 0.25) is 5.91 Å². The van der Waals surface area contributed by atoms with Crippen LogP contribution in [0.3, 0.4) is 0 Å². The highest BCUT2D eigenvalue weighted by atomic mass is 32.1. The quantitative estimate of drug-likeness (QED) is 0.779. The van der Waals surface area contributed by atoms with E-state index in [0.717, 1.165) is 16.3 Å². The van der Waals surface area contributed by atoms with Crippen LogP contribution >= 0.6 is 11.3 Å². The lowest BCUT2D eigenvalue weighted by atomic mass is 10.2. The van der Waals surface area contributed by atoms with Crippen molar-refractivity contribution in [1.29, 1.82) is 0 Å². The van der Waals surface area contributed by atoms with Crippen molar-refractivity contribution in [3.8, 4) is 11.3 Å². The zero-order chi connectivity index (χ0) is 16.2. The lowest BCUT2D eigenvalue weighted by Crippen LogP contribution is -2.28. The van der Waals surface area contributed by atoms with Gasteiger partial charge in [-0.1, -0.05) is 5.16 Å². The number of thiazole rings is 1. The molecule has 0 aliphatic heterocycles. The normalized spacial score (nSPS) is 12.1. The molecule has 1 atom stereocenters. The summed E-state index contributed by atoms with van der Waals surface area (Å²) in [5.41, 5.74) is 2.46. The van der Waals surface area contributed by atoms with E-state index in [1.807, 2.05) is 24.4 Å². The van der Waals surface area contributed by atoms with Gasteiger partial charge < -0.3 is 9.84 Å². The van der Waals surface area contributed by atoms with E-state index < -0.39 is 0 Å². The largest absolute Gasteiger partial charge is 0.361 e. The van der Waals surface area contributed by atoms with Gasteiger partial charge in [0, 0.05) is 29.4 Å². The third kappa shape index (κ3) is 3.81. The number of pyridine rings is 1. The van der Waals surface area contributed by atoms with Gasteiger partial charge in [-0.15, -0.1) is 11.3 Å². The summed E-state index contributed by atoms with van der Waals surface area (Å²) in [6.45, 7) is 3.71. The minimum Gasteiger partial charge on any atom is -0.361 e. The van der Waals surface area contributed by atoms with Gasteiger partial charge in [0.15, 0.2) is 0 Å². The molecule has 3 heterocycles. The molecule has 0 radical (unpaired) electrons. The first-order valence-corrected chi connectivity index (χ1v) is 8.07. The molecule has 3 aromatic heterocycles. The minimum absolute atomic E-state index is 0.107. The number of aromatic nitrogens is 3. The summed E-state index contributed by atoms with van der Waals surface area (Å²) in [4.78, 5) is 20.7. The van der Waals surface area contributed by atoms with E-state index in [0.29, 0.717) is 11.5 Å². The van der Waals surface area contributed by atoms with E-state index in [9.17, 15) is 4.79 Å². The van der Waals surface area contributed by atoms with Crippen LogP contribution in [0.25, 0.3) is 11.3 Å². The number of aryl methyl sites for hydroxylation is 1. The lowest BCUT2D eigenvalue weighted by molar-refractivity contribution is -0.121. The number of carbonyl (C=O) groups is 1. The Morgan fingerprint density at radius 3 is 3.04 bits per heavy atom. The van der Waals surface area contributed by atoms with Crippen LogP contribution in [0.1, 0.15) is 29.4 Å². The molecule has 3 rings (SSSR count). The number of amides is 1. The highest BCUT2D eigenvalue weighted by Gasteiger charge is 2.15. The maximum Gasteiger partial charge on any atom is 0.226 e. The summed E-state index contributed by atoms with van der Waals surface area (Å²) < 4.78 is 4.96. The Hall–Kier alpha value is -2.54. The molecule has 7 heteroatoms. The summed E-state index contributed by atoms with van der Waals surface area (Å²) in [6.07, 6.45) is 3.70. The molecule has 118 valence electrons. The van der Waals surface area contributed by atoms with Gasteiger partial charge >= 0.3 is 0 Å². The van der Waals surface area contributed by atoms with E-state index in [1.165, 1.54) is 11.3 Å². The van der Waals surface area contributed by atoms with Crippen LogP contribution in [0.4, 0.5) is 0 Å². The minimum atomic E-state index is -0.161. The third-order valence-corrected chi connectivity index (χ3v) is 4.27. The topological polar surface area (TPSA) is 80.9 Å². The molecule has 23 heavy (non-hydrogen) atoms. The average molecular weight is 328 g/mol. The second kappa shape index (κ2) is 6.70. The average Bonchev–Trinajstić information content (AvgIpc) is 3.17. The SMILES string of the molecule is Cc1cc(CC(=O)N[C@H](C)c2nc(-c3cccnc3)cs2)no1. The van der Waals surface area contributed by atoms with Gasteiger partial charge in [-0.25, -0.2) is 4.98 Å². The lowest BCUT2D eigenvalue weighted by Gasteiger charge is -2.10. The van der Waals surface area contributed by atoms with Crippen LogP contribution in [0.15, 0.2) is 40.5 Å². The Kier molecular flexibility index (Phi) is 4.47. The van der Waals surface area contributed by atoms with Crippen LogP contribution in [0.5, 0.6) is 0 Å². The van der Waals surface area contributed by atoms with Gasteiger partial charge in [0.05, 0.1) is 23.9 Å². The number of nitrogens with one attached hydrogen (secondary N) is 1. The summed E-state index contributed by atoms with van der Waals surface area (Å²) in [5, 5.41) is 9.58. The highest BCUT2D eigenvalue weighted by molar-refractivity contribution is 7.10. The molecule has 1 amide bonds. The summed E-state index contributed by atoms with van der Waals surface area (Å²) in [7, 11) is 0. The van der Waals surface area contributed by atoms with E-state index in [2.05, 4.69) is 20.4 Å². The number of rotatable bonds is 5. The predicted octanol–water partition coefficient (Wildman–Crippen LogP) is 2.92. The van der Waals surface area contributed by atoms with Crippen LogP contribution in [0.2, 0.25) is 0 Å². The van der Waals surface area contributed by atoms with Gasteiger partial charge in [0.1, 0.15) is 10.8 Å². The van der Waals surface area contributed by atoms with Crippen molar-refractivity contribution in [2.24, 2.45) is 0 Å². The van der Waals surface area contributed by atoms with Gasteiger partial charge in [-0.2, -0.15) is 0 Å². The third-order valence-electron chi connectivity index (χ3n) is 3.25. The fourth-order valence-electron chi connectivity index (χ4n) is 2.15. The van der Waals surface area contributed by atoms with Crippen LogP contribution in [0, 0.1) is 6.92 Å². The molecule has 0 aliphatic rings. The number of carbonyl (C=O) groups excluding carboxylic acids is 1. The number of hydrogen-bond acceptors (Lipinski definition) is 6. The fraction of sp³-hybridized carbons (Fsp3) is 0.250. The monoisotopic (exact) mass is 328 g/mol. The van der Waals surface area contributed by atoms with E-state index in [-0.39, 0.29) is 18.4 Å². The zero-order valence-electron chi connectivity index (χ0n) is 12.8.